The molecule has 3 nitrogen and oxygen atoms in total. The fourth-order valence-corrected chi connectivity index (χ4v) is 1.29. The Morgan fingerprint density at radius 3 is 2.33 bits per heavy atom. The third-order valence-corrected chi connectivity index (χ3v) is 1.96. The molecule has 0 fully saturated rings. The van der Waals surface area contributed by atoms with E-state index in [-0.39, 0.29) is 40.5 Å². The molecule has 0 spiro atoms. The molecular formula is C10H6ClN2NaO. The summed E-state index contributed by atoms with van der Waals surface area (Å²) in [5.74, 6) is -0.212. The molecule has 0 bridgehead atoms. The van der Waals surface area contributed by atoms with Crippen LogP contribution in [0.4, 0.5) is 0 Å². The van der Waals surface area contributed by atoms with Crippen molar-refractivity contribution in [1.82, 2.24) is 10.2 Å². The molecule has 2 aromatic rings. The van der Waals surface area contributed by atoms with Crippen LogP contribution in [0.3, 0.4) is 0 Å². The van der Waals surface area contributed by atoms with Crippen molar-refractivity contribution in [3.8, 4) is 17.0 Å². The molecule has 0 saturated heterocycles. The zero-order chi connectivity index (χ0) is 9.97. The van der Waals surface area contributed by atoms with E-state index < -0.39 is 0 Å². The summed E-state index contributed by atoms with van der Waals surface area (Å²) in [6, 6.07) is 10.4. The van der Waals surface area contributed by atoms with E-state index in [0.717, 1.165) is 5.56 Å². The van der Waals surface area contributed by atoms with Gasteiger partial charge in [0.25, 0.3) is 0 Å². The number of aromatic nitrogens is 2. The fourth-order valence-electron chi connectivity index (χ4n) is 1.15. The van der Waals surface area contributed by atoms with Crippen LogP contribution in [0.25, 0.3) is 11.3 Å². The molecule has 0 radical (unpaired) electrons. The van der Waals surface area contributed by atoms with E-state index in [0.29, 0.717) is 5.69 Å². The maximum absolute atomic E-state index is 11.5. The van der Waals surface area contributed by atoms with Crippen molar-refractivity contribution in [1.29, 1.82) is 0 Å². The van der Waals surface area contributed by atoms with Gasteiger partial charge in [0.05, 0.1) is 5.69 Å². The summed E-state index contributed by atoms with van der Waals surface area (Å²) < 4.78 is 0. The van der Waals surface area contributed by atoms with E-state index in [2.05, 4.69) is 10.2 Å². The van der Waals surface area contributed by atoms with Gasteiger partial charge in [0.1, 0.15) is 0 Å². The second-order valence-corrected chi connectivity index (χ2v) is 3.13. The Bertz CT molecular complexity index is 450. The molecule has 5 heteroatoms. The van der Waals surface area contributed by atoms with Crippen molar-refractivity contribution in [2.45, 2.75) is 0 Å². The number of hydrogen-bond acceptors (Lipinski definition) is 3. The molecule has 15 heavy (non-hydrogen) atoms. The number of benzene rings is 1. The summed E-state index contributed by atoms with van der Waals surface area (Å²) in [5.41, 5.74) is 1.08. The van der Waals surface area contributed by atoms with Crippen LogP contribution in [0.5, 0.6) is 5.75 Å². The summed E-state index contributed by atoms with van der Waals surface area (Å²) in [6.45, 7) is 0. The van der Waals surface area contributed by atoms with Gasteiger partial charge in [-0.1, -0.05) is 47.7 Å². The van der Waals surface area contributed by atoms with Crippen molar-refractivity contribution < 1.29 is 34.7 Å². The topological polar surface area (TPSA) is 48.8 Å². The minimum atomic E-state index is -0.212. The van der Waals surface area contributed by atoms with Gasteiger partial charge in [0.2, 0.25) is 0 Å². The molecule has 1 aromatic heterocycles. The summed E-state index contributed by atoms with van der Waals surface area (Å²) in [5, 5.41) is 19.0. The molecule has 0 N–H and O–H groups in total. The number of rotatable bonds is 1. The van der Waals surface area contributed by atoms with E-state index in [1.807, 2.05) is 18.2 Å². The third kappa shape index (κ3) is 2.92. The molecule has 0 atom stereocenters. The average Bonchev–Trinajstić information content (AvgIpc) is 2.19. The molecule has 0 aliphatic heterocycles. The largest absolute Gasteiger partial charge is 1.00 e. The van der Waals surface area contributed by atoms with Crippen molar-refractivity contribution in [2.24, 2.45) is 0 Å². The van der Waals surface area contributed by atoms with Crippen molar-refractivity contribution in [3.05, 3.63) is 41.6 Å². The first kappa shape index (κ1) is 12.5. The summed E-state index contributed by atoms with van der Waals surface area (Å²) in [4.78, 5) is 0. The molecule has 0 amide bonds. The van der Waals surface area contributed by atoms with Crippen molar-refractivity contribution >= 4 is 11.6 Å². The van der Waals surface area contributed by atoms with E-state index in [9.17, 15) is 5.11 Å². The second kappa shape index (κ2) is 5.47. The van der Waals surface area contributed by atoms with Gasteiger partial charge in [-0.25, -0.2) is 0 Å². The molecule has 0 aliphatic rings. The molecule has 0 saturated carbocycles. The van der Waals surface area contributed by atoms with Gasteiger partial charge < -0.3 is 5.11 Å². The van der Waals surface area contributed by atoms with Crippen molar-refractivity contribution in [2.75, 3.05) is 0 Å². The smallest absolute Gasteiger partial charge is 0.871 e. The van der Waals surface area contributed by atoms with Gasteiger partial charge >= 0.3 is 29.6 Å². The Balaban J connectivity index is 0.00000112. The minimum Gasteiger partial charge on any atom is -0.871 e. The van der Waals surface area contributed by atoms with Crippen LogP contribution in [0.2, 0.25) is 5.15 Å². The summed E-state index contributed by atoms with van der Waals surface area (Å²) >= 11 is 5.53. The van der Waals surface area contributed by atoms with E-state index >= 15 is 0 Å². The first-order valence-corrected chi connectivity index (χ1v) is 4.41. The molecular weight excluding hydrogens is 223 g/mol. The minimum absolute atomic E-state index is 0. The van der Waals surface area contributed by atoms with Crippen LogP contribution >= 0.6 is 11.6 Å². The van der Waals surface area contributed by atoms with Crippen LogP contribution in [0.15, 0.2) is 36.4 Å². The summed E-state index contributed by atoms with van der Waals surface area (Å²) in [6.07, 6.45) is 0. The normalized spacial score (nSPS) is 9.40. The standard InChI is InChI=1S/C10H7ClN2O.Na/c11-9-6-8(14)10(13-12-9)7-4-2-1-3-5-7;/h1-6H,(H,12,14);/q;+1/p-1. The molecule has 1 aromatic carbocycles. The zero-order valence-electron chi connectivity index (χ0n) is 8.14. The van der Waals surface area contributed by atoms with Gasteiger partial charge in [-0.2, -0.15) is 0 Å². The van der Waals surface area contributed by atoms with E-state index in [1.54, 1.807) is 12.1 Å². The summed E-state index contributed by atoms with van der Waals surface area (Å²) in [7, 11) is 0. The first-order chi connectivity index (χ1) is 6.77. The molecule has 0 unspecified atom stereocenters. The quantitative estimate of drug-likeness (QED) is 0.581. The molecule has 0 aliphatic carbocycles. The van der Waals surface area contributed by atoms with Crippen LogP contribution in [-0.4, -0.2) is 10.2 Å². The average molecular weight is 229 g/mol. The van der Waals surface area contributed by atoms with Crippen LogP contribution < -0.4 is 34.7 Å². The number of nitrogens with zero attached hydrogens (tertiary/aromatic N) is 2. The number of halogens is 1. The number of hydrogen-bond donors (Lipinski definition) is 0. The Morgan fingerprint density at radius 2 is 1.73 bits per heavy atom. The Kier molecular flexibility index (Phi) is 4.54. The second-order valence-electron chi connectivity index (χ2n) is 2.75. The van der Waals surface area contributed by atoms with Gasteiger partial charge in [-0.15, -0.1) is 10.2 Å². The molecule has 70 valence electrons. The van der Waals surface area contributed by atoms with Gasteiger partial charge in [-0.3, -0.25) is 0 Å². The predicted octanol–water partition coefficient (Wildman–Crippen LogP) is -1.13. The third-order valence-electron chi connectivity index (χ3n) is 1.78. The zero-order valence-corrected chi connectivity index (χ0v) is 10.9. The molecule has 2 rings (SSSR count). The van der Waals surface area contributed by atoms with Crippen LogP contribution in [0.1, 0.15) is 0 Å². The first-order valence-electron chi connectivity index (χ1n) is 4.03. The van der Waals surface area contributed by atoms with E-state index in [1.165, 1.54) is 6.07 Å². The predicted molar refractivity (Wildman–Crippen MR) is 51.9 cm³/mol. The SMILES string of the molecule is [Na+].[O-]c1cc(Cl)nnc1-c1ccccc1. The van der Waals surface area contributed by atoms with Crippen LogP contribution in [0, 0.1) is 0 Å². The maximum atomic E-state index is 11.5. The molecule has 1 heterocycles. The van der Waals surface area contributed by atoms with Crippen LogP contribution in [-0.2, 0) is 0 Å². The maximum Gasteiger partial charge on any atom is 1.00 e. The Morgan fingerprint density at radius 1 is 1.07 bits per heavy atom. The van der Waals surface area contributed by atoms with Gasteiger partial charge in [0, 0.05) is 5.56 Å². The Hall–Kier alpha value is -0.610. The fraction of sp³-hybridized carbons (Fsp3) is 0. The van der Waals surface area contributed by atoms with Gasteiger partial charge in [0.15, 0.2) is 5.15 Å². The van der Waals surface area contributed by atoms with E-state index in [4.69, 9.17) is 11.6 Å². The van der Waals surface area contributed by atoms with Gasteiger partial charge in [-0.05, 0) is 6.07 Å². The Labute approximate surface area is 114 Å². The van der Waals surface area contributed by atoms with Crippen molar-refractivity contribution in [3.63, 3.8) is 0 Å². The monoisotopic (exact) mass is 228 g/mol.